The number of unbranched alkanes of at least 4 members (excludes halogenated alkanes) is 2. The average molecular weight is 271 g/mol. The second-order valence-corrected chi connectivity index (χ2v) is 4.69. The van der Waals surface area contributed by atoms with Gasteiger partial charge in [-0.15, -0.1) is 0 Å². The topological polar surface area (TPSA) is 29.3 Å². The Balaban J connectivity index is 2.61. The molecule has 0 saturated carbocycles. The van der Waals surface area contributed by atoms with Crippen LogP contribution in [-0.2, 0) is 0 Å². The third-order valence-corrected chi connectivity index (χ3v) is 3.12. The Morgan fingerprint density at radius 3 is 2.67 bits per heavy atom. The first-order chi connectivity index (χ1) is 7.15. The van der Waals surface area contributed by atoms with Gasteiger partial charge in [-0.1, -0.05) is 19.8 Å². The molecule has 0 bridgehead atoms. The van der Waals surface area contributed by atoms with Crippen LogP contribution in [0, 0.1) is 0 Å². The molecule has 0 aliphatic carbocycles. The van der Waals surface area contributed by atoms with Gasteiger partial charge < -0.3 is 10.6 Å². The highest BCUT2D eigenvalue weighted by Gasteiger charge is 2.04. The van der Waals surface area contributed by atoms with Crippen molar-refractivity contribution in [1.29, 1.82) is 0 Å². The highest BCUT2D eigenvalue weighted by Crippen LogP contribution is 2.27. The van der Waals surface area contributed by atoms with Crippen molar-refractivity contribution in [3.63, 3.8) is 0 Å². The molecule has 0 saturated heterocycles. The number of benzene rings is 1. The first-order valence-electron chi connectivity index (χ1n) is 5.41. The summed E-state index contributed by atoms with van der Waals surface area (Å²) in [4.78, 5) is 2.26. The summed E-state index contributed by atoms with van der Waals surface area (Å²) in [6, 6.07) is 5.95. The third kappa shape index (κ3) is 3.74. The Morgan fingerprint density at radius 1 is 1.33 bits per heavy atom. The number of halogens is 1. The minimum Gasteiger partial charge on any atom is -0.399 e. The Labute approximate surface area is 101 Å². The maximum absolute atomic E-state index is 5.70. The van der Waals surface area contributed by atoms with Crippen molar-refractivity contribution in [1.82, 2.24) is 0 Å². The SMILES string of the molecule is CCCCCN(C)c1ccc(N)cc1Br. The standard InChI is InChI=1S/C12H19BrN2/c1-3-4-5-8-15(2)12-7-6-10(14)9-11(12)13/h6-7,9H,3-5,8,14H2,1-2H3. The van der Waals surface area contributed by atoms with Crippen LogP contribution >= 0.6 is 15.9 Å². The molecule has 0 aromatic heterocycles. The molecule has 2 nitrogen and oxygen atoms in total. The van der Waals surface area contributed by atoms with E-state index in [0.29, 0.717) is 0 Å². The molecule has 0 unspecified atom stereocenters. The van der Waals surface area contributed by atoms with Crippen LogP contribution in [-0.4, -0.2) is 13.6 Å². The molecule has 1 rings (SSSR count). The summed E-state index contributed by atoms with van der Waals surface area (Å²) >= 11 is 3.54. The van der Waals surface area contributed by atoms with Crippen LogP contribution in [0.5, 0.6) is 0 Å². The largest absolute Gasteiger partial charge is 0.399 e. The maximum atomic E-state index is 5.70. The van der Waals surface area contributed by atoms with Crippen molar-refractivity contribution in [3.8, 4) is 0 Å². The lowest BCUT2D eigenvalue weighted by Crippen LogP contribution is -2.18. The Morgan fingerprint density at radius 2 is 2.07 bits per heavy atom. The third-order valence-electron chi connectivity index (χ3n) is 2.48. The summed E-state index contributed by atoms with van der Waals surface area (Å²) in [7, 11) is 2.12. The van der Waals surface area contributed by atoms with Gasteiger partial charge >= 0.3 is 0 Å². The van der Waals surface area contributed by atoms with Crippen LogP contribution in [0.3, 0.4) is 0 Å². The number of nitrogen functional groups attached to an aromatic ring is 1. The van der Waals surface area contributed by atoms with Crippen molar-refractivity contribution < 1.29 is 0 Å². The summed E-state index contributed by atoms with van der Waals surface area (Å²) < 4.78 is 1.07. The number of anilines is 2. The number of hydrogen-bond donors (Lipinski definition) is 1. The van der Waals surface area contributed by atoms with Crippen LogP contribution in [0.2, 0.25) is 0 Å². The summed E-state index contributed by atoms with van der Waals surface area (Å²) in [6.45, 7) is 3.31. The zero-order chi connectivity index (χ0) is 11.3. The van der Waals surface area contributed by atoms with Crippen molar-refractivity contribution in [2.45, 2.75) is 26.2 Å². The van der Waals surface area contributed by atoms with Gasteiger partial charge in [0.25, 0.3) is 0 Å². The van der Waals surface area contributed by atoms with Crippen LogP contribution in [0.15, 0.2) is 22.7 Å². The molecule has 1 aromatic rings. The molecule has 0 aliphatic heterocycles. The van der Waals surface area contributed by atoms with Crippen molar-refractivity contribution in [2.75, 3.05) is 24.2 Å². The minimum atomic E-state index is 0.799. The van der Waals surface area contributed by atoms with Gasteiger partial charge in [0.1, 0.15) is 0 Å². The lowest BCUT2D eigenvalue weighted by atomic mass is 10.2. The normalized spacial score (nSPS) is 10.3. The quantitative estimate of drug-likeness (QED) is 0.654. The molecule has 0 aliphatic rings. The van der Waals surface area contributed by atoms with E-state index in [4.69, 9.17) is 5.73 Å². The molecule has 0 amide bonds. The van der Waals surface area contributed by atoms with Crippen LogP contribution < -0.4 is 10.6 Å². The second-order valence-electron chi connectivity index (χ2n) is 3.84. The molecule has 2 N–H and O–H groups in total. The number of nitrogens with two attached hydrogens (primary N) is 1. The van der Waals surface area contributed by atoms with Crippen molar-refractivity contribution >= 4 is 27.3 Å². The van der Waals surface area contributed by atoms with Gasteiger partial charge in [0.15, 0.2) is 0 Å². The van der Waals surface area contributed by atoms with Gasteiger partial charge in [-0.25, -0.2) is 0 Å². The van der Waals surface area contributed by atoms with Gasteiger partial charge in [0.2, 0.25) is 0 Å². The summed E-state index contributed by atoms with van der Waals surface area (Å²) in [5.74, 6) is 0. The molecule has 1 aromatic carbocycles. The fourth-order valence-corrected chi connectivity index (χ4v) is 2.25. The van der Waals surface area contributed by atoms with E-state index in [9.17, 15) is 0 Å². The molecule has 0 atom stereocenters. The minimum absolute atomic E-state index is 0.799. The van der Waals surface area contributed by atoms with Crippen LogP contribution in [0.4, 0.5) is 11.4 Å². The zero-order valence-electron chi connectivity index (χ0n) is 9.46. The molecule has 0 heterocycles. The van der Waals surface area contributed by atoms with Crippen molar-refractivity contribution in [2.24, 2.45) is 0 Å². The Bertz CT molecular complexity index is 312. The highest BCUT2D eigenvalue weighted by atomic mass is 79.9. The van der Waals surface area contributed by atoms with E-state index in [-0.39, 0.29) is 0 Å². The zero-order valence-corrected chi connectivity index (χ0v) is 11.0. The molecular formula is C12H19BrN2. The van der Waals surface area contributed by atoms with Crippen LogP contribution in [0.1, 0.15) is 26.2 Å². The fraction of sp³-hybridized carbons (Fsp3) is 0.500. The molecule has 0 fully saturated rings. The van der Waals surface area contributed by atoms with Gasteiger partial charge in [-0.2, -0.15) is 0 Å². The fourth-order valence-electron chi connectivity index (χ4n) is 1.55. The lowest BCUT2D eigenvalue weighted by molar-refractivity contribution is 0.705. The Kier molecular flexibility index (Phi) is 4.95. The van der Waals surface area contributed by atoms with Crippen LogP contribution in [0.25, 0.3) is 0 Å². The van der Waals surface area contributed by atoms with E-state index in [1.54, 1.807) is 0 Å². The maximum Gasteiger partial charge on any atom is 0.0509 e. The van der Waals surface area contributed by atoms with Gasteiger partial charge in [0, 0.05) is 23.8 Å². The van der Waals surface area contributed by atoms with E-state index in [1.807, 2.05) is 12.1 Å². The number of rotatable bonds is 5. The first kappa shape index (κ1) is 12.4. The van der Waals surface area contributed by atoms with Gasteiger partial charge in [-0.3, -0.25) is 0 Å². The smallest absolute Gasteiger partial charge is 0.0509 e. The molecule has 0 spiro atoms. The monoisotopic (exact) mass is 270 g/mol. The van der Waals surface area contributed by atoms with Gasteiger partial charge in [-0.05, 0) is 40.5 Å². The molecule has 0 radical (unpaired) electrons. The molecule has 3 heteroatoms. The average Bonchev–Trinajstić information content (AvgIpc) is 2.17. The highest BCUT2D eigenvalue weighted by molar-refractivity contribution is 9.10. The van der Waals surface area contributed by atoms with E-state index in [2.05, 4.69) is 40.9 Å². The lowest BCUT2D eigenvalue weighted by Gasteiger charge is -2.20. The predicted molar refractivity (Wildman–Crippen MR) is 71.3 cm³/mol. The summed E-state index contributed by atoms with van der Waals surface area (Å²) in [5, 5.41) is 0. The number of hydrogen-bond acceptors (Lipinski definition) is 2. The van der Waals surface area contributed by atoms with E-state index in [0.717, 1.165) is 16.7 Å². The van der Waals surface area contributed by atoms with E-state index < -0.39 is 0 Å². The Hall–Kier alpha value is -0.700. The number of nitrogens with zero attached hydrogens (tertiary/aromatic N) is 1. The van der Waals surface area contributed by atoms with E-state index >= 15 is 0 Å². The van der Waals surface area contributed by atoms with Gasteiger partial charge in [0.05, 0.1) is 5.69 Å². The van der Waals surface area contributed by atoms with Crippen molar-refractivity contribution in [3.05, 3.63) is 22.7 Å². The predicted octanol–water partition coefficient (Wildman–Crippen LogP) is 3.66. The first-order valence-corrected chi connectivity index (χ1v) is 6.20. The molecular weight excluding hydrogens is 252 g/mol. The molecule has 15 heavy (non-hydrogen) atoms. The summed E-state index contributed by atoms with van der Waals surface area (Å²) in [6.07, 6.45) is 3.79. The van der Waals surface area contributed by atoms with E-state index in [1.165, 1.54) is 24.9 Å². The molecule has 84 valence electrons. The second kappa shape index (κ2) is 6.01. The summed E-state index contributed by atoms with van der Waals surface area (Å²) in [5.41, 5.74) is 7.71.